The van der Waals surface area contributed by atoms with E-state index in [9.17, 15) is 9.59 Å². The van der Waals surface area contributed by atoms with Crippen LogP contribution in [0.2, 0.25) is 0 Å². The monoisotopic (exact) mass is 363 g/mol. The molecule has 2 aliphatic rings. The minimum atomic E-state index is -0.0478. The molecule has 3 rings (SSSR count). The Balaban J connectivity index is 1.35. The van der Waals surface area contributed by atoms with E-state index < -0.39 is 0 Å². The number of aryl methyl sites for hydroxylation is 1. The standard InChI is InChI=1S/C17H25N5O2S/c1-22-11-10-18-17(22)25-14-6-2-12(3-7-14)19-15(23)8-4-13-5-9-16(24)21-20-13/h10-12,14H,2-9H2,1H3,(H,19,23)(H,21,24). The van der Waals surface area contributed by atoms with Crippen LogP contribution in [0.15, 0.2) is 22.7 Å². The van der Waals surface area contributed by atoms with Crippen molar-refractivity contribution >= 4 is 29.3 Å². The van der Waals surface area contributed by atoms with E-state index >= 15 is 0 Å². The summed E-state index contributed by atoms with van der Waals surface area (Å²) in [6.45, 7) is 0. The highest BCUT2D eigenvalue weighted by Gasteiger charge is 2.24. The van der Waals surface area contributed by atoms with Crippen LogP contribution in [0, 0.1) is 0 Å². The maximum Gasteiger partial charge on any atom is 0.240 e. The lowest BCUT2D eigenvalue weighted by Crippen LogP contribution is -2.38. The average molecular weight is 363 g/mol. The molecule has 8 heteroatoms. The number of hydrogen-bond donors (Lipinski definition) is 2. The highest BCUT2D eigenvalue weighted by Crippen LogP contribution is 2.32. The van der Waals surface area contributed by atoms with Crippen LogP contribution in [0.5, 0.6) is 0 Å². The van der Waals surface area contributed by atoms with Crippen LogP contribution in [0.4, 0.5) is 0 Å². The molecule has 1 aromatic heterocycles. The van der Waals surface area contributed by atoms with Crippen LogP contribution in [0.3, 0.4) is 0 Å². The van der Waals surface area contributed by atoms with Gasteiger partial charge in [0.1, 0.15) is 0 Å². The molecule has 0 unspecified atom stereocenters. The van der Waals surface area contributed by atoms with E-state index in [1.807, 2.05) is 31.2 Å². The lowest BCUT2D eigenvalue weighted by Gasteiger charge is -2.28. The third kappa shape index (κ3) is 5.32. The number of rotatable bonds is 6. The van der Waals surface area contributed by atoms with Gasteiger partial charge in [0.25, 0.3) is 0 Å². The van der Waals surface area contributed by atoms with Gasteiger partial charge in [0.15, 0.2) is 5.16 Å². The summed E-state index contributed by atoms with van der Waals surface area (Å²) >= 11 is 1.84. The number of nitrogens with one attached hydrogen (secondary N) is 2. The molecular weight excluding hydrogens is 338 g/mol. The smallest absolute Gasteiger partial charge is 0.240 e. The summed E-state index contributed by atoms with van der Waals surface area (Å²) in [6, 6.07) is 0.277. The Labute approximate surface area is 152 Å². The number of nitrogens with zero attached hydrogens (tertiary/aromatic N) is 3. The first-order chi connectivity index (χ1) is 12.1. The number of hydrazone groups is 1. The average Bonchev–Trinajstić information content (AvgIpc) is 3.01. The summed E-state index contributed by atoms with van der Waals surface area (Å²) in [4.78, 5) is 27.5. The molecular formula is C17H25N5O2S. The van der Waals surface area contributed by atoms with Crippen molar-refractivity contribution in [2.75, 3.05) is 0 Å². The van der Waals surface area contributed by atoms with Gasteiger partial charge in [-0.3, -0.25) is 9.59 Å². The molecule has 0 saturated heterocycles. The van der Waals surface area contributed by atoms with Gasteiger partial charge in [0, 0.05) is 49.3 Å². The van der Waals surface area contributed by atoms with Crippen molar-refractivity contribution in [1.82, 2.24) is 20.3 Å². The molecule has 1 saturated carbocycles. The van der Waals surface area contributed by atoms with Crippen LogP contribution in [0.25, 0.3) is 0 Å². The molecule has 0 radical (unpaired) electrons. The highest BCUT2D eigenvalue weighted by molar-refractivity contribution is 7.99. The minimum absolute atomic E-state index is 0.0478. The first kappa shape index (κ1) is 18.0. The second kappa shape index (κ2) is 8.51. The van der Waals surface area contributed by atoms with Crippen molar-refractivity contribution in [1.29, 1.82) is 0 Å². The van der Waals surface area contributed by atoms with Crippen LogP contribution < -0.4 is 10.7 Å². The van der Waals surface area contributed by atoms with Gasteiger partial charge in [0.2, 0.25) is 11.8 Å². The van der Waals surface area contributed by atoms with Crippen molar-refractivity contribution < 1.29 is 9.59 Å². The van der Waals surface area contributed by atoms with Crippen molar-refractivity contribution in [3.05, 3.63) is 12.4 Å². The summed E-state index contributed by atoms with van der Waals surface area (Å²) in [5, 5.41) is 8.80. The van der Waals surface area contributed by atoms with Crippen LogP contribution >= 0.6 is 11.8 Å². The van der Waals surface area contributed by atoms with Gasteiger partial charge in [-0.05, 0) is 38.5 Å². The molecule has 1 aliphatic heterocycles. The molecule has 2 heterocycles. The van der Waals surface area contributed by atoms with E-state index in [-0.39, 0.29) is 17.9 Å². The Hall–Kier alpha value is -1.83. The van der Waals surface area contributed by atoms with Gasteiger partial charge in [-0.1, -0.05) is 11.8 Å². The number of aromatic nitrogens is 2. The molecule has 0 aromatic carbocycles. The van der Waals surface area contributed by atoms with Crippen LogP contribution in [0.1, 0.15) is 51.4 Å². The second-order valence-corrected chi connectivity index (χ2v) is 7.96. The normalized spacial score (nSPS) is 23.7. The van der Waals surface area contributed by atoms with Gasteiger partial charge in [0.05, 0.1) is 0 Å². The van der Waals surface area contributed by atoms with Gasteiger partial charge < -0.3 is 9.88 Å². The Morgan fingerprint density at radius 1 is 1.36 bits per heavy atom. The zero-order valence-electron chi connectivity index (χ0n) is 14.5. The summed E-state index contributed by atoms with van der Waals surface area (Å²) in [5.41, 5.74) is 3.38. The predicted molar refractivity (Wildman–Crippen MR) is 97.3 cm³/mol. The number of carbonyl (C=O) groups is 2. The van der Waals surface area contributed by atoms with Gasteiger partial charge >= 0.3 is 0 Å². The molecule has 1 aliphatic carbocycles. The van der Waals surface area contributed by atoms with Crippen LogP contribution in [-0.2, 0) is 16.6 Å². The molecule has 2 amide bonds. The molecule has 25 heavy (non-hydrogen) atoms. The largest absolute Gasteiger partial charge is 0.353 e. The van der Waals surface area contributed by atoms with Gasteiger partial charge in [-0.15, -0.1) is 0 Å². The van der Waals surface area contributed by atoms with E-state index in [0.717, 1.165) is 36.6 Å². The first-order valence-electron chi connectivity index (χ1n) is 8.88. The summed E-state index contributed by atoms with van der Waals surface area (Å²) in [6.07, 6.45) is 10.2. The maximum absolute atomic E-state index is 12.1. The quantitative estimate of drug-likeness (QED) is 0.809. The number of carbonyl (C=O) groups excluding carboxylic acids is 2. The molecule has 0 atom stereocenters. The second-order valence-electron chi connectivity index (χ2n) is 6.69. The number of imidazole rings is 1. The van der Waals surface area contributed by atoms with Crippen LogP contribution in [-0.4, -0.2) is 38.4 Å². The van der Waals surface area contributed by atoms with E-state index in [1.54, 1.807) is 0 Å². The number of hydrogen-bond acceptors (Lipinski definition) is 5. The van der Waals surface area contributed by atoms with Crippen molar-refractivity contribution in [2.24, 2.45) is 12.1 Å². The fourth-order valence-corrected chi connectivity index (χ4v) is 4.34. The predicted octanol–water partition coefficient (Wildman–Crippen LogP) is 1.99. The molecule has 0 spiro atoms. The van der Waals surface area contributed by atoms with Crippen molar-refractivity contribution in [3.8, 4) is 0 Å². The van der Waals surface area contributed by atoms with E-state index in [0.29, 0.717) is 30.9 Å². The molecule has 7 nitrogen and oxygen atoms in total. The summed E-state index contributed by atoms with van der Waals surface area (Å²) in [7, 11) is 2.02. The third-order valence-electron chi connectivity index (χ3n) is 4.71. The fourth-order valence-electron chi connectivity index (χ4n) is 3.19. The molecule has 1 fully saturated rings. The lowest BCUT2D eigenvalue weighted by molar-refractivity contribution is -0.122. The number of thioether (sulfide) groups is 1. The van der Waals surface area contributed by atoms with Gasteiger partial charge in [-0.2, -0.15) is 5.10 Å². The lowest BCUT2D eigenvalue weighted by atomic mass is 9.95. The third-order valence-corrected chi connectivity index (χ3v) is 6.12. The summed E-state index contributed by atoms with van der Waals surface area (Å²) in [5.74, 6) is 0.0353. The molecule has 1 aromatic rings. The fraction of sp³-hybridized carbons (Fsp3) is 0.647. The van der Waals surface area contributed by atoms with E-state index in [2.05, 4.69) is 25.4 Å². The topological polar surface area (TPSA) is 88.4 Å². The molecule has 2 N–H and O–H groups in total. The molecule has 136 valence electrons. The number of amides is 2. The van der Waals surface area contributed by atoms with E-state index in [1.165, 1.54) is 0 Å². The van der Waals surface area contributed by atoms with Crippen molar-refractivity contribution in [3.63, 3.8) is 0 Å². The first-order valence-corrected chi connectivity index (χ1v) is 9.75. The van der Waals surface area contributed by atoms with E-state index in [4.69, 9.17) is 0 Å². The summed E-state index contributed by atoms with van der Waals surface area (Å²) < 4.78 is 2.05. The Morgan fingerprint density at radius 2 is 2.16 bits per heavy atom. The van der Waals surface area contributed by atoms with Crippen molar-refractivity contribution in [2.45, 2.75) is 67.8 Å². The highest BCUT2D eigenvalue weighted by atomic mass is 32.2. The minimum Gasteiger partial charge on any atom is -0.353 e. The SMILES string of the molecule is Cn1ccnc1SC1CCC(NC(=O)CCC2=NNC(=O)CC2)CC1. The zero-order chi connectivity index (χ0) is 17.6. The molecule has 0 bridgehead atoms. The Bertz CT molecular complexity index is 649. The maximum atomic E-state index is 12.1. The zero-order valence-corrected chi connectivity index (χ0v) is 15.3. The Kier molecular flexibility index (Phi) is 6.12. The Morgan fingerprint density at radius 3 is 2.80 bits per heavy atom. The van der Waals surface area contributed by atoms with Gasteiger partial charge in [-0.25, -0.2) is 10.4 Å².